The van der Waals surface area contributed by atoms with Crippen LogP contribution in [0, 0.1) is 11.8 Å². The summed E-state index contributed by atoms with van der Waals surface area (Å²) in [4.78, 5) is 12.9. The third-order valence-corrected chi connectivity index (χ3v) is 5.75. The number of aromatic hydroxyl groups is 1. The fourth-order valence-electron chi connectivity index (χ4n) is 4.21. The SMILES string of the molecule is O=C(Nc1cc(O)c(C2CCCC2)cc1C#CCO)C1CNc2cc(OC(F)(F)F)ccc2O1.[HH]. The van der Waals surface area contributed by atoms with E-state index in [1.807, 2.05) is 0 Å². The molecule has 4 rings (SSSR count). The van der Waals surface area contributed by atoms with Crippen LogP contribution in [-0.4, -0.2) is 41.7 Å². The predicted molar refractivity (Wildman–Crippen MR) is 120 cm³/mol. The van der Waals surface area contributed by atoms with Crippen molar-refractivity contribution in [2.45, 2.75) is 44.1 Å². The molecule has 0 bridgehead atoms. The van der Waals surface area contributed by atoms with E-state index in [-0.39, 0.29) is 43.4 Å². The molecule has 1 aliphatic carbocycles. The molecule has 1 atom stereocenters. The number of phenolic OH excluding ortho intramolecular Hbond substituents is 1. The highest BCUT2D eigenvalue weighted by Crippen LogP contribution is 2.41. The molecule has 0 saturated heterocycles. The first kappa shape index (κ1) is 23.6. The number of ether oxygens (including phenoxy) is 2. The van der Waals surface area contributed by atoms with Gasteiger partial charge in [-0.1, -0.05) is 24.7 Å². The first-order valence-corrected chi connectivity index (χ1v) is 10.8. The Hall–Kier alpha value is -3.58. The highest BCUT2D eigenvalue weighted by Gasteiger charge is 2.32. The number of alkyl halides is 3. The van der Waals surface area contributed by atoms with Crippen molar-refractivity contribution in [1.82, 2.24) is 0 Å². The molecule has 1 unspecified atom stereocenters. The highest BCUT2D eigenvalue weighted by molar-refractivity contribution is 5.96. The normalized spacial score (nSPS) is 17.6. The van der Waals surface area contributed by atoms with Crippen molar-refractivity contribution in [3.8, 4) is 29.1 Å². The van der Waals surface area contributed by atoms with Gasteiger partial charge in [-0.25, -0.2) is 0 Å². The molecule has 0 spiro atoms. The average Bonchev–Trinajstić information content (AvgIpc) is 3.31. The largest absolute Gasteiger partial charge is 0.573 e. The molecule has 1 amide bonds. The quantitative estimate of drug-likeness (QED) is 0.488. The Balaban J connectivity index is 0.00000342. The highest BCUT2D eigenvalue weighted by atomic mass is 19.4. The Morgan fingerprint density at radius 1 is 1.26 bits per heavy atom. The number of rotatable bonds is 4. The van der Waals surface area contributed by atoms with Gasteiger partial charge in [-0.05, 0) is 42.5 Å². The van der Waals surface area contributed by atoms with Crippen molar-refractivity contribution in [3.63, 3.8) is 0 Å². The van der Waals surface area contributed by atoms with Crippen molar-refractivity contribution >= 4 is 17.3 Å². The zero-order valence-electron chi connectivity index (χ0n) is 18.0. The molecule has 34 heavy (non-hydrogen) atoms. The first-order valence-electron chi connectivity index (χ1n) is 10.8. The lowest BCUT2D eigenvalue weighted by atomic mass is 9.94. The van der Waals surface area contributed by atoms with Crippen molar-refractivity contribution in [2.75, 3.05) is 23.8 Å². The number of hydrogen-bond donors (Lipinski definition) is 4. The second kappa shape index (κ2) is 9.73. The smallest absolute Gasteiger partial charge is 0.508 e. The average molecular weight is 478 g/mol. The summed E-state index contributed by atoms with van der Waals surface area (Å²) in [5, 5.41) is 25.2. The molecule has 2 aromatic carbocycles. The van der Waals surface area contributed by atoms with Gasteiger partial charge in [0, 0.05) is 19.1 Å². The minimum absolute atomic E-state index is 0. The van der Waals surface area contributed by atoms with Crippen LogP contribution < -0.4 is 20.1 Å². The maximum Gasteiger partial charge on any atom is 0.573 e. The Labute approximate surface area is 195 Å². The summed E-state index contributed by atoms with van der Waals surface area (Å²) in [6.45, 7) is -0.363. The van der Waals surface area contributed by atoms with Gasteiger partial charge in [0.1, 0.15) is 23.9 Å². The van der Waals surface area contributed by atoms with Gasteiger partial charge in [-0.2, -0.15) is 0 Å². The first-order chi connectivity index (χ1) is 16.2. The van der Waals surface area contributed by atoms with E-state index in [1.165, 1.54) is 12.1 Å². The van der Waals surface area contributed by atoms with Gasteiger partial charge in [0.2, 0.25) is 0 Å². The van der Waals surface area contributed by atoms with Crippen LogP contribution >= 0.6 is 0 Å². The van der Waals surface area contributed by atoms with Crippen LogP contribution in [0.1, 0.15) is 44.2 Å². The number of phenols is 1. The number of hydrogen-bond acceptors (Lipinski definition) is 6. The van der Waals surface area contributed by atoms with Gasteiger partial charge in [0.15, 0.2) is 6.10 Å². The van der Waals surface area contributed by atoms with E-state index in [2.05, 4.69) is 27.2 Å². The summed E-state index contributed by atoms with van der Waals surface area (Å²) in [5.74, 6) is 4.91. The van der Waals surface area contributed by atoms with Crippen LogP contribution in [-0.2, 0) is 4.79 Å². The molecule has 1 aliphatic heterocycles. The molecule has 1 fully saturated rings. The maximum absolute atomic E-state index is 12.9. The summed E-state index contributed by atoms with van der Waals surface area (Å²) >= 11 is 0. The molecule has 7 nitrogen and oxygen atoms in total. The summed E-state index contributed by atoms with van der Waals surface area (Å²) in [6, 6.07) is 6.69. The summed E-state index contributed by atoms with van der Waals surface area (Å²) in [5.41, 5.74) is 1.76. The number of nitrogens with one attached hydrogen (secondary N) is 2. The van der Waals surface area contributed by atoms with E-state index in [9.17, 15) is 23.1 Å². The Morgan fingerprint density at radius 2 is 2.03 bits per heavy atom. The minimum atomic E-state index is -4.82. The van der Waals surface area contributed by atoms with Gasteiger partial charge in [-0.3, -0.25) is 4.79 Å². The van der Waals surface area contributed by atoms with E-state index >= 15 is 0 Å². The standard InChI is InChI=1S/C24H23F3N2O5.H2/c25-24(26,27)34-16-7-8-21-19(11-16)28-13-22(33-21)23(32)29-18-12-20(31)17(14-4-1-2-5-14)10-15(18)6-3-9-30;/h7-8,10-12,14,22,28,30-31H,1-2,4-5,9,13H2,(H,29,32);1H. The van der Waals surface area contributed by atoms with Gasteiger partial charge >= 0.3 is 6.36 Å². The van der Waals surface area contributed by atoms with Gasteiger partial charge in [-0.15, -0.1) is 13.2 Å². The Morgan fingerprint density at radius 3 is 2.74 bits per heavy atom. The zero-order valence-corrected chi connectivity index (χ0v) is 18.0. The van der Waals surface area contributed by atoms with E-state index in [0.717, 1.165) is 43.4 Å². The number of benzene rings is 2. The van der Waals surface area contributed by atoms with E-state index in [1.54, 1.807) is 6.07 Å². The molecular formula is C24H25F3N2O5. The number of aliphatic hydroxyl groups is 1. The van der Waals surface area contributed by atoms with Crippen LogP contribution in [0.3, 0.4) is 0 Å². The zero-order chi connectivity index (χ0) is 24.3. The van der Waals surface area contributed by atoms with Gasteiger partial charge in [0.05, 0.1) is 17.9 Å². The summed E-state index contributed by atoms with van der Waals surface area (Å²) < 4.78 is 46.8. The van der Waals surface area contributed by atoms with Crippen LogP contribution in [0.25, 0.3) is 0 Å². The number of carbonyl (C=O) groups excluding carboxylic acids is 1. The predicted octanol–water partition coefficient (Wildman–Crippen LogP) is 4.35. The molecule has 0 aromatic heterocycles. The topological polar surface area (TPSA) is 100 Å². The number of amides is 1. The Kier molecular flexibility index (Phi) is 6.75. The van der Waals surface area contributed by atoms with E-state index in [0.29, 0.717) is 5.56 Å². The molecule has 0 radical (unpaired) electrons. The number of anilines is 2. The fraction of sp³-hybridized carbons (Fsp3) is 0.375. The second-order valence-electron chi connectivity index (χ2n) is 8.08. The lowest BCUT2D eigenvalue weighted by Crippen LogP contribution is -2.41. The maximum atomic E-state index is 12.9. The number of fused-ring (bicyclic) bond motifs is 1. The molecule has 1 heterocycles. The molecule has 2 aliphatic rings. The van der Waals surface area contributed by atoms with E-state index in [4.69, 9.17) is 9.84 Å². The number of halogens is 3. The third kappa shape index (κ3) is 5.48. The molecular weight excluding hydrogens is 453 g/mol. The molecule has 1 saturated carbocycles. The van der Waals surface area contributed by atoms with Gasteiger partial charge < -0.3 is 30.3 Å². The van der Waals surface area contributed by atoms with Gasteiger partial charge in [0.25, 0.3) is 5.91 Å². The fourth-order valence-corrected chi connectivity index (χ4v) is 4.21. The van der Waals surface area contributed by atoms with E-state index < -0.39 is 24.1 Å². The molecule has 10 heteroatoms. The van der Waals surface area contributed by atoms with Crippen molar-refractivity contribution in [1.29, 1.82) is 0 Å². The van der Waals surface area contributed by atoms with Crippen molar-refractivity contribution < 1.29 is 39.1 Å². The number of aliphatic hydroxyl groups excluding tert-OH is 1. The Bertz CT molecular complexity index is 1140. The van der Waals surface area contributed by atoms with Crippen LogP contribution in [0.4, 0.5) is 24.5 Å². The molecule has 2 aromatic rings. The second-order valence-corrected chi connectivity index (χ2v) is 8.08. The monoisotopic (exact) mass is 478 g/mol. The summed E-state index contributed by atoms with van der Waals surface area (Å²) in [7, 11) is 0. The van der Waals surface area contributed by atoms with Crippen LogP contribution in [0.2, 0.25) is 0 Å². The van der Waals surface area contributed by atoms with Crippen LogP contribution in [0.15, 0.2) is 30.3 Å². The third-order valence-electron chi connectivity index (χ3n) is 5.75. The number of carbonyl (C=O) groups is 1. The molecule has 4 N–H and O–H groups in total. The van der Waals surface area contributed by atoms with Crippen LogP contribution in [0.5, 0.6) is 17.2 Å². The lowest BCUT2D eigenvalue weighted by Gasteiger charge is -2.27. The van der Waals surface area contributed by atoms with Crippen molar-refractivity contribution in [2.24, 2.45) is 0 Å². The summed E-state index contributed by atoms with van der Waals surface area (Å²) in [6.07, 6.45) is -1.72. The molecule has 182 valence electrons. The lowest BCUT2D eigenvalue weighted by molar-refractivity contribution is -0.274. The minimum Gasteiger partial charge on any atom is -0.508 e. The van der Waals surface area contributed by atoms with Crippen molar-refractivity contribution in [3.05, 3.63) is 41.5 Å².